The lowest BCUT2D eigenvalue weighted by Gasteiger charge is -2.16. The monoisotopic (exact) mass is 261 g/mol. The number of amides is 1. The number of allylic oxidation sites excluding steroid dienone is 3. The molecule has 0 aromatic carbocycles. The Hall–Kier alpha value is -2.21. The van der Waals surface area contributed by atoms with E-state index in [0.717, 1.165) is 0 Å². The Morgan fingerprint density at radius 2 is 2.33 bits per heavy atom. The van der Waals surface area contributed by atoms with Gasteiger partial charge < -0.3 is 15.5 Å². The Morgan fingerprint density at radius 1 is 1.56 bits per heavy atom. The van der Waals surface area contributed by atoms with Crippen molar-refractivity contribution in [2.75, 3.05) is 7.11 Å². The Bertz CT molecular complexity index is 570. The van der Waals surface area contributed by atoms with Crippen LogP contribution < -0.4 is 5.32 Å². The highest BCUT2D eigenvalue weighted by atomic mass is 32.1. The second-order valence-corrected chi connectivity index (χ2v) is 4.40. The number of nitrogens with zero attached hydrogens (tertiary/aromatic N) is 1. The molecule has 1 aliphatic carbocycles. The molecule has 0 spiro atoms. The van der Waals surface area contributed by atoms with E-state index in [1.165, 1.54) is 24.5 Å². The van der Waals surface area contributed by atoms with E-state index in [1.807, 2.05) is 0 Å². The van der Waals surface area contributed by atoms with E-state index in [9.17, 15) is 4.79 Å². The Kier molecular flexibility index (Phi) is 3.38. The van der Waals surface area contributed by atoms with Crippen molar-refractivity contribution in [3.8, 4) is 0 Å². The third-order valence-corrected chi connectivity index (χ3v) is 3.07. The van der Waals surface area contributed by atoms with E-state index in [4.69, 9.17) is 10.1 Å². The zero-order valence-corrected chi connectivity index (χ0v) is 10.5. The summed E-state index contributed by atoms with van der Waals surface area (Å²) in [5, 5.41) is 12.4. The highest BCUT2D eigenvalue weighted by molar-refractivity contribution is 7.11. The number of aromatic nitrogens is 1. The van der Waals surface area contributed by atoms with E-state index >= 15 is 0 Å². The molecule has 0 atom stereocenters. The van der Waals surface area contributed by atoms with Gasteiger partial charge in [0, 0.05) is 17.7 Å². The van der Waals surface area contributed by atoms with Crippen molar-refractivity contribution >= 4 is 23.0 Å². The summed E-state index contributed by atoms with van der Waals surface area (Å²) in [4.78, 5) is 15.8. The van der Waals surface area contributed by atoms with Gasteiger partial charge in [0.25, 0.3) is 5.91 Å². The molecule has 0 saturated carbocycles. The molecule has 0 aliphatic heterocycles. The fraction of sp³-hybridized carbons (Fsp3) is 0.0833. The molecule has 1 heterocycles. The van der Waals surface area contributed by atoms with E-state index in [0.29, 0.717) is 22.0 Å². The predicted octanol–water partition coefficient (Wildman–Crippen LogP) is 1.88. The van der Waals surface area contributed by atoms with Crippen LogP contribution in [-0.4, -0.2) is 23.7 Å². The molecular weight excluding hydrogens is 250 g/mol. The van der Waals surface area contributed by atoms with Gasteiger partial charge in [-0.2, -0.15) is 0 Å². The van der Waals surface area contributed by atoms with Gasteiger partial charge in [0.15, 0.2) is 5.01 Å². The summed E-state index contributed by atoms with van der Waals surface area (Å²) >= 11 is 1.25. The summed E-state index contributed by atoms with van der Waals surface area (Å²) in [5.41, 5.74) is 1.27. The van der Waals surface area contributed by atoms with Crippen molar-refractivity contribution in [3.05, 3.63) is 52.3 Å². The minimum absolute atomic E-state index is 0.263. The lowest BCUT2D eigenvalue weighted by Crippen LogP contribution is -2.26. The number of carbonyl (C=O) groups excluding carboxylic acids is 1. The van der Waals surface area contributed by atoms with E-state index in [-0.39, 0.29) is 11.6 Å². The maximum Gasteiger partial charge on any atom is 0.284 e. The van der Waals surface area contributed by atoms with Gasteiger partial charge in [0.1, 0.15) is 5.76 Å². The SMILES string of the molecule is C=C1C=C(NC(=O)c2nccs2)C(OC)=CC1=N. The minimum atomic E-state index is -0.305. The molecular formula is C12H11N3O2S. The minimum Gasteiger partial charge on any atom is -0.494 e. The van der Waals surface area contributed by atoms with Crippen LogP contribution in [0.4, 0.5) is 0 Å². The number of rotatable bonds is 3. The van der Waals surface area contributed by atoms with Crippen molar-refractivity contribution in [2.45, 2.75) is 0 Å². The average Bonchev–Trinajstić information content (AvgIpc) is 2.87. The lowest BCUT2D eigenvalue weighted by molar-refractivity contribution is 0.0962. The molecule has 1 aromatic rings. The number of hydrogen-bond acceptors (Lipinski definition) is 5. The summed E-state index contributed by atoms with van der Waals surface area (Å²) in [7, 11) is 1.48. The topological polar surface area (TPSA) is 75.1 Å². The number of hydrogen-bond donors (Lipinski definition) is 2. The third kappa shape index (κ3) is 2.38. The van der Waals surface area contributed by atoms with Crippen LogP contribution >= 0.6 is 11.3 Å². The normalized spacial score (nSPS) is 14.9. The van der Waals surface area contributed by atoms with Gasteiger partial charge in [0.2, 0.25) is 0 Å². The first-order chi connectivity index (χ1) is 8.61. The molecule has 5 nitrogen and oxygen atoms in total. The van der Waals surface area contributed by atoms with E-state index in [2.05, 4.69) is 16.9 Å². The van der Waals surface area contributed by atoms with E-state index < -0.39 is 0 Å². The Labute approximate surface area is 108 Å². The van der Waals surface area contributed by atoms with Crippen LogP contribution in [0.5, 0.6) is 0 Å². The number of thiazole rings is 1. The van der Waals surface area contributed by atoms with E-state index in [1.54, 1.807) is 17.7 Å². The molecule has 6 heteroatoms. The van der Waals surface area contributed by atoms with Crippen LogP contribution in [0.3, 0.4) is 0 Å². The first kappa shape index (κ1) is 12.3. The first-order valence-corrected chi connectivity index (χ1v) is 5.96. The van der Waals surface area contributed by atoms with Crippen molar-refractivity contribution in [2.24, 2.45) is 0 Å². The summed E-state index contributed by atoms with van der Waals surface area (Å²) in [5.74, 6) is 0.123. The molecule has 0 saturated heterocycles. The molecule has 92 valence electrons. The van der Waals surface area contributed by atoms with Crippen molar-refractivity contribution in [1.29, 1.82) is 5.41 Å². The number of carbonyl (C=O) groups is 1. The molecule has 2 rings (SSSR count). The van der Waals surface area contributed by atoms with Crippen LogP contribution in [0.2, 0.25) is 0 Å². The van der Waals surface area contributed by atoms with Crippen molar-refractivity contribution in [3.63, 3.8) is 0 Å². The van der Waals surface area contributed by atoms with Crippen LogP contribution in [0.25, 0.3) is 0 Å². The standard InChI is InChI=1S/C12H11N3O2S/c1-7-5-9(10(17-2)6-8(7)13)15-11(16)12-14-3-4-18-12/h3-6,13H,1H2,2H3,(H,15,16). The van der Waals surface area contributed by atoms with Crippen molar-refractivity contribution in [1.82, 2.24) is 10.3 Å². The number of ether oxygens (including phenoxy) is 1. The maximum atomic E-state index is 11.9. The summed E-state index contributed by atoms with van der Waals surface area (Å²) in [6, 6.07) is 0. The highest BCUT2D eigenvalue weighted by Crippen LogP contribution is 2.18. The average molecular weight is 261 g/mol. The largest absolute Gasteiger partial charge is 0.494 e. The molecule has 1 amide bonds. The Balaban J connectivity index is 2.20. The third-order valence-electron chi connectivity index (χ3n) is 2.30. The van der Waals surface area contributed by atoms with Crippen LogP contribution in [0, 0.1) is 5.41 Å². The first-order valence-electron chi connectivity index (χ1n) is 5.08. The maximum absolute atomic E-state index is 11.9. The second kappa shape index (κ2) is 4.97. The van der Waals surface area contributed by atoms with Gasteiger partial charge in [-0.05, 0) is 11.6 Å². The molecule has 0 unspecified atom stereocenters. The van der Waals surface area contributed by atoms with Crippen LogP contribution in [0.15, 0.2) is 47.3 Å². The van der Waals surface area contributed by atoms with Crippen molar-refractivity contribution < 1.29 is 9.53 Å². The van der Waals surface area contributed by atoms with Gasteiger partial charge in [0.05, 0.1) is 18.5 Å². The number of nitrogens with one attached hydrogen (secondary N) is 2. The van der Waals surface area contributed by atoms with Gasteiger partial charge >= 0.3 is 0 Å². The van der Waals surface area contributed by atoms with Crippen LogP contribution in [0.1, 0.15) is 9.80 Å². The molecule has 0 fully saturated rings. The molecule has 0 radical (unpaired) electrons. The van der Waals surface area contributed by atoms with Gasteiger partial charge in [-0.3, -0.25) is 4.79 Å². The fourth-order valence-electron chi connectivity index (χ4n) is 1.40. The molecule has 1 aromatic heterocycles. The van der Waals surface area contributed by atoms with Gasteiger partial charge in [-0.15, -0.1) is 11.3 Å². The molecule has 2 N–H and O–H groups in total. The quantitative estimate of drug-likeness (QED) is 0.872. The Morgan fingerprint density at radius 3 is 2.94 bits per heavy atom. The van der Waals surface area contributed by atoms with Crippen LogP contribution in [-0.2, 0) is 4.74 Å². The fourth-order valence-corrected chi connectivity index (χ4v) is 1.93. The zero-order valence-electron chi connectivity index (χ0n) is 9.69. The lowest BCUT2D eigenvalue weighted by atomic mass is 10.0. The molecule has 18 heavy (non-hydrogen) atoms. The summed E-state index contributed by atoms with van der Waals surface area (Å²) in [6.07, 6.45) is 4.68. The summed E-state index contributed by atoms with van der Waals surface area (Å²) < 4.78 is 5.12. The molecule has 0 bridgehead atoms. The van der Waals surface area contributed by atoms with Gasteiger partial charge in [-0.25, -0.2) is 4.98 Å². The summed E-state index contributed by atoms with van der Waals surface area (Å²) in [6.45, 7) is 3.72. The smallest absolute Gasteiger partial charge is 0.284 e. The highest BCUT2D eigenvalue weighted by Gasteiger charge is 2.18. The zero-order chi connectivity index (χ0) is 13.1. The molecule has 1 aliphatic rings. The van der Waals surface area contributed by atoms with Gasteiger partial charge in [-0.1, -0.05) is 6.58 Å². The predicted molar refractivity (Wildman–Crippen MR) is 69.6 cm³/mol. The number of methoxy groups -OCH3 is 1. The second-order valence-electron chi connectivity index (χ2n) is 3.50.